The third kappa shape index (κ3) is 7.09. The molecule has 0 aliphatic carbocycles. The summed E-state index contributed by atoms with van der Waals surface area (Å²) in [6.07, 6.45) is 0.772. The van der Waals surface area contributed by atoms with Gasteiger partial charge in [-0.2, -0.15) is 0 Å². The van der Waals surface area contributed by atoms with Crippen LogP contribution in [0, 0.1) is 0 Å². The minimum atomic E-state index is -1.06. The van der Waals surface area contributed by atoms with E-state index in [1.54, 1.807) is 23.0 Å². The Morgan fingerprint density at radius 3 is 2.52 bits per heavy atom. The first-order chi connectivity index (χ1) is 20.0. The molecule has 15 nitrogen and oxygen atoms in total. The fourth-order valence-electron chi connectivity index (χ4n) is 4.62. The third-order valence-electron chi connectivity index (χ3n) is 6.73. The van der Waals surface area contributed by atoms with Crippen molar-refractivity contribution in [2.24, 2.45) is 0 Å². The highest BCUT2D eigenvalue weighted by Gasteiger charge is 2.46. The number of carbonyl (C=O) groups is 5. The molecular weight excluding hydrogens is 552 g/mol. The smallest absolute Gasteiger partial charge is 0.407 e. The van der Waals surface area contributed by atoms with Gasteiger partial charge < -0.3 is 24.2 Å². The maximum absolute atomic E-state index is 13.2. The predicted octanol–water partition coefficient (Wildman–Crippen LogP) is 1.07. The van der Waals surface area contributed by atoms with Crippen molar-refractivity contribution in [2.45, 2.75) is 58.3 Å². The van der Waals surface area contributed by atoms with E-state index in [-0.39, 0.29) is 49.5 Å². The van der Waals surface area contributed by atoms with E-state index in [0.29, 0.717) is 32.1 Å². The summed E-state index contributed by atoms with van der Waals surface area (Å²) < 4.78 is 18.4. The van der Waals surface area contributed by atoms with Crippen LogP contribution in [0.25, 0.3) is 0 Å². The molecule has 3 heterocycles. The second kappa shape index (κ2) is 13.1. The van der Waals surface area contributed by atoms with Gasteiger partial charge in [0.05, 0.1) is 50.3 Å². The van der Waals surface area contributed by atoms with Crippen molar-refractivity contribution in [3.05, 3.63) is 41.2 Å². The zero-order valence-corrected chi connectivity index (χ0v) is 23.7. The third-order valence-corrected chi connectivity index (χ3v) is 6.73. The Bertz CT molecular complexity index is 1350. The van der Waals surface area contributed by atoms with Crippen LogP contribution in [0.2, 0.25) is 0 Å². The number of amides is 5. The van der Waals surface area contributed by atoms with E-state index in [1.807, 2.05) is 20.8 Å². The Morgan fingerprint density at radius 2 is 1.83 bits per heavy atom. The van der Waals surface area contributed by atoms with E-state index in [2.05, 4.69) is 15.6 Å². The molecule has 5 amide bonds. The van der Waals surface area contributed by atoms with Gasteiger partial charge in [-0.05, 0) is 39.3 Å². The highest BCUT2D eigenvalue weighted by molar-refractivity contribution is 6.24. The van der Waals surface area contributed by atoms with Crippen molar-refractivity contribution < 1.29 is 43.3 Å². The Morgan fingerprint density at radius 1 is 1.10 bits per heavy atom. The number of imide groups is 2. The number of hydrogen-bond donors (Lipinski definition) is 2. The van der Waals surface area contributed by atoms with Gasteiger partial charge >= 0.3 is 6.09 Å². The average molecular weight is 587 g/mol. The lowest BCUT2D eigenvalue weighted by molar-refractivity contribution is -0.136. The number of rotatable bonds is 13. The van der Waals surface area contributed by atoms with Gasteiger partial charge in [0.1, 0.15) is 24.1 Å². The van der Waals surface area contributed by atoms with E-state index in [1.165, 1.54) is 11.0 Å². The van der Waals surface area contributed by atoms with E-state index in [0.717, 1.165) is 4.90 Å². The first-order valence-corrected chi connectivity index (χ1v) is 13.5. The van der Waals surface area contributed by atoms with Crippen molar-refractivity contribution in [3.8, 4) is 5.75 Å². The first-order valence-electron chi connectivity index (χ1n) is 13.5. The molecular formula is C27H34N6O9. The molecule has 1 aromatic heterocycles. The first kappa shape index (κ1) is 30.6. The van der Waals surface area contributed by atoms with Gasteiger partial charge in [0.2, 0.25) is 11.8 Å². The highest BCUT2D eigenvalue weighted by atomic mass is 16.5. The maximum atomic E-state index is 13.2. The summed E-state index contributed by atoms with van der Waals surface area (Å²) >= 11 is 0. The molecule has 0 spiro atoms. The van der Waals surface area contributed by atoms with E-state index in [4.69, 9.17) is 14.2 Å². The van der Waals surface area contributed by atoms with E-state index >= 15 is 0 Å². The van der Waals surface area contributed by atoms with Crippen LogP contribution >= 0.6 is 0 Å². The molecule has 15 heteroatoms. The van der Waals surface area contributed by atoms with Crippen molar-refractivity contribution in [2.75, 3.05) is 33.0 Å². The zero-order valence-electron chi connectivity index (χ0n) is 23.7. The van der Waals surface area contributed by atoms with Crippen LogP contribution in [-0.2, 0) is 32.2 Å². The molecule has 0 saturated carbocycles. The molecule has 0 bridgehead atoms. The van der Waals surface area contributed by atoms with Crippen LogP contribution in [0.5, 0.6) is 5.75 Å². The lowest BCUT2D eigenvalue weighted by Gasteiger charge is -2.32. The largest absolute Gasteiger partial charge is 0.486 e. The molecule has 1 saturated heterocycles. The van der Waals surface area contributed by atoms with Crippen LogP contribution in [-0.4, -0.2) is 104 Å². The topological polar surface area (TPSA) is 182 Å². The number of hydrogen-bond acceptors (Lipinski definition) is 10. The van der Waals surface area contributed by atoms with Crippen LogP contribution < -0.4 is 10.1 Å². The fourth-order valence-corrected chi connectivity index (χ4v) is 4.62. The number of benzene rings is 1. The van der Waals surface area contributed by atoms with Gasteiger partial charge in [-0.3, -0.25) is 29.4 Å². The van der Waals surface area contributed by atoms with Gasteiger partial charge in [0, 0.05) is 18.5 Å². The number of fused-ring (bicyclic) bond motifs is 1. The number of aromatic nitrogens is 3. The summed E-state index contributed by atoms with van der Waals surface area (Å²) in [5.74, 6) is -2.22. The molecule has 1 atom stereocenters. The van der Waals surface area contributed by atoms with Gasteiger partial charge in [0.25, 0.3) is 11.8 Å². The maximum Gasteiger partial charge on any atom is 0.407 e. The normalized spacial score (nSPS) is 16.9. The molecule has 42 heavy (non-hydrogen) atoms. The van der Waals surface area contributed by atoms with Crippen LogP contribution in [0.1, 0.15) is 60.0 Å². The summed E-state index contributed by atoms with van der Waals surface area (Å²) in [5.41, 5.74) is 0.158. The van der Waals surface area contributed by atoms with Crippen LogP contribution in [0.4, 0.5) is 4.79 Å². The van der Waals surface area contributed by atoms with Crippen LogP contribution in [0.3, 0.4) is 0 Å². The summed E-state index contributed by atoms with van der Waals surface area (Å²) in [7, 11) is 0. The summed E-state index contributed by atoms with van der Waals surface area (Å²) in [6, 6.07) is 3.57. The van der Waals surface area contributed by atoms with Crippen LogP contribution in [0.15, 0.2) is 24.4 Å². The number of carbonyl (C=O) groups excluding carboxylic acids is 4. The molecule has 1 fully saturated rings. The molecule has 2 aliphatic rings. The minimum Gasteiger partial charge on any atom is -0.486 e. The zero-order chi connectivity index (χ0) is 30.4. The Labute approximate surface area is 241 Å². The van der Waals surface area contributed by atoms with E-state index < -0.39 is 41.3 Å². The Balaban J connectivity index is 1.21. The van der Waals surface area contributed by atoms with Gasteiger partial charge in [-0.1, -0.05) is 11.3 Å². The number of nitrogens with zero attached hydrogens (tertiary/aromatic N) is 5. The summed E-state index contributed by atoms with van der Waals surface area (Å²) in [6.45, 7) is 7.37. The summed E-state index contributed by atoms with van der Waals surface area (Å²) in [4.78, 5) is 63.5. The SMILES string of the molecule is CC(C)(C)N(CCOCCOCCn1cc(COc2cccc3c2C(=O)N(C2CCC(=O)NC2=O)C3=O)nn1)C(=O)O. The fraction of sp³-hybridized carbons (Fsp3) is 0.519. The molecule has 2 aromatic rings. The van der Waals surface area contributed by atoms with Gasteiger partial charge in [-0.25, -0.2) is 9.48 Å². The number of piperidine rings is 1. The number of ether oxygens (including phenoxy) is 3. The quantitative estimate of drug-likeness (QED) is 0.253. The predicted molar refractivity (Wildman–Crippen MR) is 144 cm³/mol. The molecule has 2 N–H and O–H groups in total. The lowest BCUT2D eigenvalue weighted by Crippen LogP contribution is -2.54. The second-order valence-electron chi connectivity index (χ2n) is 10.7. The molecule has 0 radical (unpaired) electrons. The summed E-state index contributed by atoms with van der Waals surface area (Å²) in [5, 5.41) is 19.6. The lowest BCUT2D eigenvalue weighted by atomic mass is 10.0. The standard InChI is InChI=1S/C27H34N6O9/c1-27(2,3)32(26(38)39)10-12-41-14-13-40-11-9-31-15-17(29-30-31)16-42-20-6-4-5-18-22(20)25(37)33(24(18)36)19-7-8-21(34)28-23(19)35/h4-6,15,19H,7-14,16H2,1-3H3,(H,38,39)(H,28,34,35). The van der Waals surface area contributed by atoms with Gasteiger partial charge in [-0.15, -0.1) is 5.10 Å². The van der Waals surface area contributed by atoms with Crippen molar-refractivity contribution >= 4 is 29.7 Å². The second-order valence-corrected chi connectivity index (χ2v) is 10.7. The number of nitrogens with one attached hydrogen (secondary N) is 1. The van der Waals surface area contributed by atoms with Crippen molar-refractivity contribution in [3.63, 3.8) is 0 Å². The minimum absolute atomic E-state index is 0.0209. The van der Waals surface area contributed by atoms with Crippen molar-refractivity contribution in [1.82, 2.24) is 30.1 Å². The molecule has 226 valence electrons. The Kier molecular flexibility index (Phi) is 9.52. The monoisotopic (exact) mass is 586 g/mol. The Hall–Kier alpha value is -4.37. The van der Waals surface area contributed by atoms with Gasteiger partial charge in [0.15, 0.2) is 0 Å². The highest BCUT2D eigenvalue weighted by Crippen LogP contribution is 2.33. The molecule has 1 aromatic carbocycles. The molecule has 1 unspecified atom stereocenters. The average Bonchev–Trinajstić information content (AvgIpc) is 3.48. The number of carboxylic acid groups (broad SMARTS) is 1. The van der Waals surface area contributed by atoms with E-state index in [9.17, 15) is 29.1 Å². The molecule has 4 rings (SSSR count). The van der Waals surface area contributed by atoms with Crippen molar-refractivity contribution in [1.29, 1.82) is 0 Å². The molecule has 2 aliphatic heterocycles.